The van der Waals surface area contributed by atoms with Crippen molar-refractivity contribution in [3.05, 3.63) is 71.6 Å². The number of hydrogen-bond donors (Lipinski definition) is 1. The van der Waals surface area contributed by atoms with E-state index in [2.05, 4.69) is 32.5 Å². The molecule has 7 heteroatoms. The van der Waals surface area contributed by atoms with Gasteiger partial charge in [-0.3, -0.25) is 9.69 Å². The average Bonchev–Trinajstić information content (AvgIpc) is 3.28. The molecule has 1 amide bonds. The number of carbonyl (C=O) groups excluding carboxylic acids is 1. The largest absolute Gasteiger partial charge is 0.379 e. The Kier molecular flexibility index (Phi) is 7.07. The SMILES string of the molecule is Cc1ccc(-c2noc(CCC(=O)NC(CN3CCOCC3)c3ccccc3)n2)cc1. The number of nitrogens with zero attached hydrogens (tertiary/aromatic N) is 3. The number of carbonyl (C=O) groups is 1. The average molecular weight is 421 g/mol. The lowest BCUT2D eigenvalue weighted by Gasteiger charge is -2.31. The van der Waals surface area contributed by atoms with Crippen LogP contribution in [0.3, 0.4) is 0 Å². The van der Waals surface area contributed by atoms with E-state index in [9.17, 15) is 4.79 Å². The second kappa shape index (κ2) is 10.3. The first-order chi connectivity index (χ1) is 15.2. The predicted molar refractivity (Wildman–Crippen MR) is 117 cm³/mol. The molecule has 0 bridgehead atoms. The second-order valence-electron chi connectivity index (χ2n) is 7.82. The first kappa shape index (κ1) is 21.2. The van der Waals surface area contributed by atoms with E-state index >= 15 is 0 Å². The van der Waals surface area contributed by atoms with Crippen LogP contribution in [0.15, 0.2) is 59.1 Å². The highest BCUT2D eigenvalue weighted by atomic mass is 16.5. The fourth-order valence-corrected chi connectivity index (χ4v) is 3.62. The molecule has 1 aliphatic rings. The molecule has 1 aromatic heterocycles. The van der Waals surface area contributed by atoms with Gasteiger partial charge < -0.3 is 14.6 Å². The molecule has 1 unspecified atom stereocenters. The van der Waals surface area contributed by atoms with Crippen LogP contribution in [0.1, 0.15) is 29.5 Å². The Hall–Kier alpha value is -3.03. The van der Waals surface area contributed by atoms with Crippen LogP contribution in [0.25, 0.3) is 11.4 Å². The van der Waals surface area contributed by atoms with E-state index in [0.29, 0.717) is 24.6 Å². The number of nitrogens with one attached hydrogen (secondary N) is 1. The third kappa shape index (κ3) is 5.99. The zero-order valence-electron chi connectivity index (χ0n) is 17.8. The first-order valence-corrected chi connectivity index (χ1v) is 10.7. The standard InChI is InChI=1S/C24H28N4O3/c1-18-7-9-20(10-8-18)24-26-23(31-27-24)12-11-22(29)25-21(19-5-3-2-4-6-19)17-28-13-15-30-16-14-28/h2-10,21H,11-17H2,1H3,(H,25,29). The summed E-state index contributed by atoms with van der Waals surface area (Å²) in [7, 11) is 0. The summed E-state index contributed by atoms with van der Waals surface area (Å²) in [6, 6.07) is 18.0. The maximum Gasteiger partial charge on any atom is 0.227 e. The van der Waals surface area contributed by atoms with Crippen LogP contribution >= 0.6 is 0 Å². The van der Waals surface area contributed by atoms with Crippen molar-refractivity contribution in [2.45, 2.75) is 25.8 Å². The van der Waals surface area contributed by atoms with Crippen LogP contribution < -0.4 is 5.32 Å². The molecule has 7 nitrogen and oxygen atoms in total. The predicted octanol–water partition coefficient (Wildman–Crippen LogP) is 3.17. The van der Waals surface area contributed by atoms with E-state index in [0.717, 1.165) is 44.0 Å². The smallest absolute Gasteiger partial charge is 0.227 e. The number of rotatable bonds is 8. The van der Waals surface area contributed by atoms with Crippen molar-refractivity contribution in [2.75, 3.05) is 32.8 Å². The summed E-state index contributed by atoms with van der Waals surface area (Å²) in [5.41, 5.74) is 3.18. The lowest BCUT2D eigenvalue weighted by atomic mass is 10.1. The summed E-state index contributed by atoms with van der Waals surface area (Å²) >= 11 is 0. The quantitative estimate of drug-likeness (QED) is 0.603. The lowest BCUT2D eigenvalue weighted by Crippen LogP contribution is -2.43. The second-order valence-corrected chi connectivity index (χ2v) is 7.82. The molecule has 0 saturated carbocycles. The summed E-state index contributed by atoms with van der Waals surface area (Å²) in [6.45, 7) is 6.01. The summed E-state index contributed by atoms with van der Waals surface area (Å²) in [5, 5.41) is 7.23. The molecular weight excluding hydrogens is 392 g/mol. The van der Waals surface area contributed by atoms with Crippen molar-refractivity contribution < 1.29 is 14.1 Å². The van der Waals surface area contributed by atoms with Crippen molar-refractivity contribution in [1.82, 2.24) is 20.4 Å². The minimum absolute atomic E-state index is 0.0304. The van der Waals surface area contributed by atoms with Gasteiger partial charge in [-0.05, 0) is 12.5 Å². The van der Waals surface area contributed by atoms with Crippen molar-refractivity contribution >= 4 is 5.91 Å². The molecule has 0 spiro atoms. The van der Waals surface area contributed by atoms with Crippen LogP contribution in [0.2, 0.25) is 0 Å². The Morgan fingerprint density at radius 1 is 1.10 bits per heavy atom. The molecule has 1 N–H and O–H groups in total. The van der Waals surface area contributed by atoms with Gasteiger partial charge in [-0.2, -0.15) is 4.98 Å². The van der Waals surface area contributed by atoms with E-state index in [-0.39, 0.29) is 11.9 Å². The maximum atomic E-state index is 12.7. The zero-order chi connectivity index (χ0) is 21.5. The molecule has 1 aliphatic heterocycles. The van der Waals surface area contributed by atoms with Gasteiger partial charge in [0, 0.05) is 38.0 Å². The van der Waals surface area contributed by atoms with Crippen molar-refractivity contribution in [2.24, 2.45) is 0 Å². The molecule has 4 rings (SSSR count). The molecule has 31 heavy (non-hydrogen) atoms. The molecule has 0 radical (unpaired) electrons. The first-order valence-electron chi connectivity index (χ1n) is 10.7. The van der Waals surface area contributed by atoms with Crippen LogP contribution in [0.4, 0.5) is 0 Å². The monoisotopic (exact) mass is 420 g/mol. The fraction of sp³-hybridized carbons (Fsp3) is 0.375. The summed E-state index contributed by atoms with van der Waals surface area (Å²) < 4.78 is 10.8. The molecule has 2 heterocycles. The number of amides is 1. The number of morpholine rings is 1. The molecule has 3 aromatic rings. The summed E-state index contributed by atoms with van der Waals surface area (Å²) in [6.07, 6.45) is 0.700. The topological polar surface area (TPSA) is 80.5 Å². The highest BCUT2D eigenvalue weighted by Gasteiger charge is 2.20. The molecule has 1 fully saturated rings. The van der Waals surface area contributed by atoms with Gasteiger partial charge in [0.15, 0.2) is 0 Å². The van der Waals surface area contributed by atoms with Crippen LogP contribution in [0.5, 0.6) is 0 Å². The molecule has 2 aromatic carbocycles. The van der Waals surface area contributed by atoms with Crippen molar-refractivity contribution in [3.8, 4) is 11.4 Å². The zero-order valence-corrected chi connectivity index (χ0v) is 17.8. The highest BCUT2D eigenvalue weighted by molar-refractivity contribution is 5.76. The molecule has 0 aliphatic carbocycles. The third-order valence-corrected chi connectivity index (χ3v) is 5.43. The van der Waals surface area contributed by atoms with Crippen molar-refractivity contribution in [3.63, 3.8) is 0 Å². The Bertz CT molecular complexity index is 966. The Balaban J connectivity index is 1.35. The minimum atomic E-state index is -0.0717. The van der Waals surface area contributed by atoms with Gasteiger partial charge in [0.05, 0.1) is 19.3 Å². The highest BCUT2D eigenvalue weighted by Crippen LogP contribution is 2.18. The fourth-order valence-electron chi connectivity index (χ4n) is 3.62. The third-order valence-electron chi connectivity index (χ3n) is 5.43. The van der Waals surface area contributed by atoms with Gasteiger partial charge in [0.1, 0.15) is 0 Å². The summed E-state index contributed by atoms with van der Waals surface area (Å²) in [5.74, 6) is 0.984. The maximum absolute atomic E-state index is 12.7. The molecular formula is C24H28N4O3. The number of benzene rings is 2. The minimum Gasteiger partial charge on any atom is -0.379 e. The van der Waals surface area contributed by atoms with E-state index in [1.165, 1.54) is 5.56 Å². The van der Waals surface area contributed by atoms with Gasteiger partial charge in [0.25, 0.3) is 0 Å². The molecule has 1 atom stereocenters. The van der Waals surface area contributed by atoms with Crippen molar-refractivity contribution in [1.29, 1.82) is 0 Å². The van der Waals surface area contributed by atoms with E-state index in [1.807, 2.05) is 49.4 Å². The van der Waals surface area contributed by atoms with Gasteiger partial charge >= 0.3 is 0 Å². The van der Waals surface area contributed by atoms with Gasteiger partial charge in [-0.15, -0.1) is 0 Å². The Labute approximate surface area is 182 Å². The molecule has 1 saturated heterocycles. The number of aryl methyl sites for hydroxylation is 2. The molecule has 162 valence electrons. The number of hydrogen-bond acceptors (Lipinski definition) is 6. The van der Waals surface area contributed by atoms with Crippen LogP contribution in [-0.2, 0) is 16.0 Å². The summed E-state index contributed by atoms with van der Waals surface area (Å²) in [4.78, 5) is 19.5. The van der Waals surface area contributed by atoms with E-state index in [4.69, 9.17) is 9.26 Å². The van der Waals surface area contributed by atoms with Gasteiger partial charge in [-0.25, -0.2) is 0 Å². The lowest BCUT2D eigenvalue weighted by molar-refractivity contribution is -0.122. The Morgan fingerprint density at radius 3 is 2.58 bits per heavy atom. The normalized spacial score (nSPS) is 15.5. The number of aromatic nitrogens is 2. The number of ether oxygens (including phenoxy) is 1. The van der Waals surface area contributed by atoms with E-state index < -0.39 is 0 Å². The van der Waals surface area contributed by atoms with Crippen LogP contribution in [-0.4, -0.2) is 53.8 Å². The Morgan fingerprint density at radius 2 is 1.84 bits per heavy atom. The van der Waals surface area contributed by atoms with E-state index in [1.54, 1.807) is 0 Å². The van der Waals surface area contributed by atoms with Gasteiger partial charge in [-0.1, -0.05) is 65.3 Å². The van der Waals surface area contributed by atoms with Gasteiger partial charge in [0.2, 0.25) is 17.6 Å². The van der Waals surface area contributed by atoms with Crippen LogP contribution in [0, 0.1) is 6.92 Å².